The molecule has 11 heavy (non-hydrogen) atoms. The van der Waals surface area contributed by atoms with E-state index in [0.717, 1.165) is 12.4 Å². The standard InChI is InChI=1S/C8H17N3/c1-10-8(9)7-11-5-3-2-4-6-11/h2-7H2,1H3,(H2,9,10). The van der Waals surface area contributed by atoms with E-state index >= 15 is 0 Å². The first-order valence-corrected chi connectivity index (χ1v) is 4.26. The van der Waals surface area contributed by atoms with Gasteiger partial charge in [0.2, 0.25) is 0 Å². The van der Waals surface area contributed by atoms with Crippen molar-refractivity contribution in [2.24, 2.45) is 10.7 Å². The Morgan fingerprint density at radius 2 is 2.00 bits per heavy atom. The molecule has 1 aliphatic rings. The second kappa shape index (κ2) is 4.34. The van der Waals surface area contributed by atoms with E-state index in [-0.39, 0.29) is 0 Å². The summed E-state index contributed by atoms with van der Waals surface area (Å²) in [6.07, 6.45) is 4.01. The summed E-state index contributed by atoms with van der Waals surface area (Å²) in [7, 11) is 1.75. The van der Waals surface area contributed by atoms with E-state index in [1.54, 1.807) is 7.05 Å². The van der Waals surface area contributed by atoms with Gasteiger partial charge in [0.05, 0.1) is 6.54 Å². The number of piperidine rings is 1. The van der Waals surface area contributed by atoms with E-state index in [1.807, 2.05) is 0 Å². The molecular weight excluding hydrogens is 138 g/mol. The van der Waals surface area contributed by atoms with Crippen LogP contribution in [0.3, 0.4) is 0 Å². The van der Waals surface area contributed by atoms with Crippen LogP contribution in [-0.4, -0.2) is 37.4 Å². The van der Waals surface area contributed by atoms with Gasteiger partial charge < -0.3 is 5.73 Å². The predicted molar refractivity (Wildman–Crippen MR) is 47.8 cm³/mol. The van der Waals surface area contributed by atoms with Crippen molar-refractivity contribution in [3.8, 4) is 0 Å². The van der Waals surface area contributed by atoms with Crippen molar-refractivity contribution < 1.29 is 0 Å². The van der Waals surface area contributed by atoms with Crippen molar-refractivity contribution in [1.82, 2.24) is 4.90 Å². The van der Waals surface area contributed by atoms with Gasteiger partial charge in [0.1, 0.15) is 5.84 Å². The van der Waals surface area contributed by atoms with Crippen LogP contribution in [0.15, 0.2) is 4.99 Å². The first-order valence-electron chi connectivity index (χ1n) is 4.26. The van der Waals surface area contributed by atoms with Crippen LogP contribution in [0.1, 0.15) is 19.3 Å². The molecule has 0 radical (unpaired) electrons. The van der Waals surface area contributed by atoms with Crippen molar-refractivity contribution in [2.75, 3.05) is 26.7 Å². The van der Waals surface area contributed by atoms with Crippen LogP contribution in [0, 0.1) is 0 Å². The zero-order chi connectivity index (χ0) is 8.10. The summed E-state index contributed by atoms with van der Waals surface area (Å²) in [4.78, 5) is 6.30. The molecule has 0 aromatic carbocycles. The fourth-order valence-electron chi connectivity index (χ4n) is 1.42. The molecule has 0 amide bonds. The summed E-state index contributed by atoms with van der Waals surface area (Å²) in [6, 6.07) is 0. The molecule has 1 fully saturated rings. The monoisotopic (exact) mass is 155 g/mol. The Kier molecular flexibility index (Phi) is 3.36. The molecule has 1 rings (SSSR count). The number of aliphatic imine (C=N–C) groups is 1. The SMILES string of the molecule is CN=C(N)CN1CCCCC1. The number of hydrogen-bond acceptors (Lipinski definition) is 2. The molecule has 1 heterocycles. The van der Waals surface area contributed by atoms with Crippen LogP contribution < -0.4 is 5.73 Å². The summed E-state index contributed by atoms with van der Waals surface area (Å²) in [5.41, 5.74) is 5.61. The van der Waals surface area contributed by atoms with Crippen molar-refractivity contribution in [3.05, 3.63) is 0 Å². The summed E-state index contributed by atoms with van der Waals surface area (Å²) < 4.78 is 0. The van der Waals surface area contributed by atoms with Gasteiger partial charge in [-0.2, -0.15) is 0 Å². The lowest BCUT2D eigenvalue weighted by Gasteiger charge is -2.25. The first-order chi connectivity index (χ1) is 5.33. The highest BCUT2D eigenvalue weighted by atomic mass is 15.1. The Bertz CT molecular complexity index is 136. The van der Waals surface area contributed by atoms with Crippen LogP contribution >= 0.6 is 0 Å². The maximum Gasteiger partial charge on any atom is 0.108 e. The van der Waals surface area contributed by atoms with Crippen molar-refractivity contribution in [1.29, 1.82) is 0 Å². The van der Waals surface area contributed by atoms with E-state index in [9.17, 15) is 0 Å². The third kappa shape index (κ3) is 2.89. The molecule has 0 aliphatic carbocycles. The van der Waals surface area contributed by atoms with Crippen molar-refractivity contribution in [2.45, 2.75) is 19.3 Å². The molecule has 3 heteroatoms. The highest BCUT2D eigenvalue weighted by molar-refractivity contribution is 5.82. The minimum atomic E-state index is 0.756. The van der Waals surface area contributed by atoms with Crippen LogP contribution in [0.25, 0.3) is 0 Å². The Hall–Kier alpha value is -0.570. The molecule has 1 saturated heterocycles. The summed E-state index contributed by atoms with van der Waals surface area (Å²) in [5, 5.41) is 0. The minimum Gasteiger partial charge on any atom is -0.386 e. The normalized spacial score (nSPS) is 22.1. The Balaban J connectivity index is 2.24. The van der Waals surface area contributed by atoms with Crippen LogP contribution in [-0.2, 0) is 0 Å². The Labute approximate surface area is 68.3 Å². The van der Waals surface area contributed by atoms with Gasteiger partial charge in [0, 0.05) is 7.05 Å². The number of rotatable bonds is 2. The number of nitrogens with zero attached hydrogens (tertiary/aromatic N) is 2. The number of likely N-dealkylation sites (tertiary alicyclic amines) is 1. The van der Waals surface area contributed by atoms with Gasteiger partial charge in [-0.3, -0.25) is 9.89 Å². The number of nitrogens with two attached hydrogens (primary N) is 1. The molecule has 0 saturated carbocycles. The van der Waals surface area contributed by atoms with E-state index in [4.69, 9.17) is 5.73 Å². The average molecular weight is 155 g/mol. The molecule has 0 unspecified atom stereocenters. The maximum atomic E-state index is 5.61. The summed E-state index contributed by atoms with van der Waals surface area (Å²) >= 11 is 0. The number of amidine groups is 1. The minimum absolute atomic E-state index is 0.756. The molecule has 1 aliphatic heterocycles. The molecule has 0 aromatic rings. The largest absolute Gasteiger partial charge is 0.386 e. The van der Waals surface area contributed by atoms with Gasteiger partial charge in [-0.15, -0.1) is 0 Å². The van der Waals surface area contributed by atoms with Crippen molar-refractivity contribution >= 4 is 5.84 Å². The molecule has 0 bridgehead atoms. The fraction of sp³-hybridized carbons (Fsp3) is 0.875. The van der Waals surface area contributed by atoms with Gasteiger partial charge in [-0.05, 0) is 25.9 Å². The third-order valence-electron chi connectivity index (χ3n) is 2.12. The van der Waals surface area contributed by atoms with Gasteiger partial charge >= 0.3 is 0 Å². The lowest BCUT2D eigenvalue weighted by Crippen LogP contribution is -2.37. The quantitative estimate of drug-likeness (QED) is 0.465. The molecule has 3 nitrogen and oxygen atoms in total. The predicted octanol–water partition coefficient (Wildman–Crippen LogP) is 0.459. The molecule has 2 N–H and O–H groups in total. The van der Waals surface area contributed by atoms with E-state index in [2.05, 4.69) is 9.89 Å². The van der Waals surface area contributed by atoms with Gasteiger partial charge in [-0.25, -0.2) is 0 Å². The van der Waals surface area contributed by atoms with Gasteiger partial charge in [0.25, 0.3) is 0 Å². The zero-order valence-corrected chi connectivity index (χ0v) is 7.21. The lowest BCUT2D eigenvalue weighted by molar-refractivity contribution is 0.258. The molecular formula is C8H17N3. The topological polar surface area (TPSA) is 41.6 Å². The van der Waals surface area contributed by atoms with E-state index in [1.165, 1.54) is 32.4 Å². The van der Waals surface area contributed by atoms with Crippen molar-refractivity contribution in [3.63, 3.8) is 0 Å². The second-order valence-electron chi connectivity index (χ2n) is 3.05. The second-order valence-corrected chi connectivity index (χ2v) is 3.05. The summed E-state index contributed by atoms with van der Waals surface area (Å²) in [6.45, 7) is 3.24. The van der Waals surface area contributed by atoms with E-state index < -0.39 is 0 Å². The lowest BCUT2D eigenvalue weighted by atomic mass is 10.1. The molecule has 64 valence electrons. The zero-order valence-electron chi connectivity index (χ0n) is 7.21. The Morgan fingerprint density at radius 1 is 1.36 bits per heavy atom. The van der Waals surface area contributed by atoms with Gasteiger partial charge in [-0.1, -0.05) is 6.42 Å². The maximum absolute atomic E-state index is 5.61. The third-order valence-corrected chi connectivity index (χ3v) is 2.12. The highest BCUT2D eigenvalue weighted by Crippen LogP contribution is 2.07. The fourth-order valence-corrected chi connectivity index (χ4v) is 1.42. The average Bonchev–Trinajstić information content (AvgIpc) is 2.06. The van der Waals surface area contributed by atoms with E-state index in [0.29, 0.717) is 0 Å². The van der Waals surface area contributed by atoms with Crippen LogP contribution in [0.2, 0.25) is 0 Å². The van der Waals surface area contributed by atoms with Crippen LogP contribution in [0.4, 0.5) is 0 Å². The highest BCUT2D eigenvalue weighted by Gasteiger charge is 2.09. The van der Waals surface area contributed by atoms with Crippen LogP contribution in [0.5, 0.6) is 0 Å². The molecule has 0 atom stereocenters. The molecule has 0 spiro atoms. The summed E-state index contributed by atoms with van der Waals surface area (Å²) in [5.74, 6) is 0.756. The first kappa shape index (κ1) is 8.53. The Morgan fingerprint density at radius 3 is 2.55 bits per heavy atom. The van der Waals surface area contributed by atoms with Gasteiger partial charge in [0.15, 0.2) is 0 Å². The molecule has 0 aromatic heterocycles. The number of hydrogen-bond donors (Lipinski definition) is 1. The smallest absolute Gasteiger partial charge is 0.108 e.